The van der Waals surface area contributed by atoms with E-state index in [1.165, 1.54) is 36.4 Å². The maximum absolute atomic E-state index is 13.2. The maximum Gasteiger partial charge on any atom is 0.340 e. The van der Waals surface area contributed by atoms with Crippen molar-refractivity contribution < 1.29 is 28.8 Å². The molecule has 0 aliphatic heterocycles. The standard InChI is InChI=1S/C23H24N2O7/c1-2-31-20(26)18-8-4-5-9-19(18)21(27)32-23(14-6-3-7-15-23)22(28)24-16-10-12-17(13-11-16)25(29)30/h4-5,8-13H,2-3,6-7,14-15H2,1H3,(H,24,28). The second-order valence-corrected chi connectivity index (χ2v) is 7.47. The van der Waals surface area contributed by atoms with E-state index in [4.69, 9.17) is 9.47 Å². The lowest BCUT2D eigenvalue weighted by Crippen LogP contribution is -2.48. The lowest BCUT2D eigenvalue weighted by atomic mass is 9.83. The third kappa shape index (κ3) is 5.11. The van der Waals surface area contributed by atoms with E-state index in [1.807, 2.05) is 0 Å². The highest BCUT2D eigenvalue weighted by molar-refractivity contribution is 6.05. The largest absolute Gasteiger partial charge is 0.462 e. The molecule has 0 unspecified atom stereocenters. The van der Waals surface area contributed by atoms with Crippen molar-refractivity contribution in [1.29, 1.82) is 0 Å². The summed E-state index contributed by atoms with van der Waals surface area (Å²) in [6.45, 7) is 1.82. The second kappa shape index (κ2) is 10.0. The summed E-state index contributed by atoms with van der Waals surface area (Å²) >= 11 is 0. The summed E-state index contributed by atoms with van der Waals surface area (Å²) in [6, 6.07) is 11.5. The fourth-order valence-electron chi connectivity index (χ4n) is 3.69. The average Bonchev–Trinajstić information content (AvgIpc) is 2.80. The molecule has 1 N–H and O–H groups in total. The normalized spacial score (nSPS) is 14.8. The van der Waals surface area contributed by atoms with Crippen molar-refractivity contribution in [2.24, 2.45) is 0 Å². The Hall–Kier alpha value is -3.75. The Morgan fingerprint density at radius 1 is 0.969 bits per heavy atom. The number of nitro benzene ring substituents is 1. The Balaban J connectivity index is 1.83. The van der Waals surface area contributed by atoms with Crippen molar-refractivity contribution in [1.82, 2.24) is 0 Å². The first-order valence-electron chi connectivity index (χ1n) is 10.4. The zero-order valence-corrected chi connectivity index (χ0v) is 17.7. The number of anilines is 1. The Bertz CT molecular complexity index is 1010. The number of hydrogen-bond donors (Lipinski definition) is 1. The molecule has 1 saturated carbocycles. The number of nitro groups is 1. The summed E-state index contributed by atoms with van der Waals surface area (Å²) in [6.07, 6.45) is 2.96. The molecule has 1 aliphatic rings. The van der Waals surface area contributed by atoms with E-state index in [-0.39, 0.29) is 23.4 Å². The summed E-state index contributed by atoms with van der Waals surface area (Å²) < 4.78 is 10.8. The number of carbonyl (C=O) groups excluding carboxylic acids is 3. The molecular weight excluding hydrogens is 416 g/mol. The van der Waals surface area contributed by atoms with Gasteiger partial charge in [-0.15, -0.1) is 0 Å². The van der Waals surface area contributed by atoms with Crippen molar-refractivity contribution in [3.05, 3.63) is 69.8 Å². The predicted molar refractivity (Wildman–Crippen MR) is 115 cm³/mol. The van der Waals surface area contributed by atoms with Gasteiger partial charge < -0.3 is 14.8 Å². The van der Waals surface area contributed by atoms with Crippen molar-refractivity contribution in [3.8, 4) is 0 Å². The van der Waals surface area contributed by atoms with Crippen LogP contribution in [-0.2, 0) is 14.3 Å². The van der Waals surface area contributed by atoms with Gasteiger partial charge in [-0.3, -0.25) is 14.9 Å². The highest BCUT2D eigenvalue weighted by atomic mass is 16.6. The molecule has 32 heavy (non-hydrogen) atoms. The molecule has 1 aliphatic carbocycles. The molecule has 0 heterocycles. The summed E-state index contributed by atoms with van der Waals surface area (Å²) in [5.74, 6) is -1.93. The van der Waals surface area contributed by atoms with Crippen LogP contribution in [0.4, 0.5) is 11.4 Å². The molecule has 2 aromatic carbocycles. The average molecular weight is 440 g/mol. The Kier molecular flexibility index (Phi) is 7.19. The van der Waals surface area contributed by atoms with Crippen molar-refractivity contribution in [3.63, 3.8) is 0 Å². The summed E-state index contributed by atoms with van der Waals surface area (Å²) in [7, 11) is 0. The molecule has 0 aromatic heterocycles. The van der Waals surface area contributed by atoms with Crippen molar-refractivity contribution in [2.45, 2.75) is 44.6 Å². The lowest BCUT2D eigenvalue weighted by molar-refractivity contribution is -0.384. The van der Waals surface area contributed by atoms with Gasteiger partial charge in [0.25, 0.3) is 11.6 Å². The van der Waals surface area contributed by atoms with E-state index in [2.05, 4.69) is 5.32 Å². The van der Waals surface area contributed by atoms with E-state index in [1.54, 1.807) is 19.1 Å². The van der Waals surface area contributed by atoms with Crippen LogP contribution in [0.5, 0.6) is 0 Å². The first-order valence-corrected chi connectivity index (χ1v) is 10.4. The number of nitrogens with one attached hydrogen (secondary N) is 1. The molecule has 0 radical (unpaired) electrons. The fourth-order valence-corrected chi connectivity index (χ4v) is 3.69. The van der Waals surface area contributed by atoms with Gasteiger partial charge in [0.05, 0.1) is 22.7 Å². The molecule has 2 aromatic rings. The van der Waals surface area contributed by atoms with Crippen LogP contribution in [0, 0.1) is 10.1 Å². The number of carbonyl (C=O) groups is 3. The van der Waals surface area contributed by atoms with E-state index in [0.717, 1.165) is 6.42 Å². The minimum atomic E-state index is -1.40. The van der Waals surface area contributed by atoms with Gasteiger partial charge >= 0.3 is 11.9 Å². The van der Waals surface area contributed by atoms with E-state index < -0.39 is 28.4 Å². The molecule has 0 atom stereocenters. The summed E-state index contributed by atoms with van der Waals surface area (Å²) in [4.78, 5) is 48.8. The molecule has 168 valence electrons. The first kappa shape index (κ1) is 22.9. The molecule has 3 rings (SSSR count). The summed E-state index contributed by atoms with van der Waals surface area (Å²) in [5, 5.41) is 13.5. The first-order chi connectivity index (χ1) is 15.4. The van der Waals surface area contributed by atoms with Crippen LogP contribution in [0.15, 0.2) is 48.5 Å². The second-order valence-electron chi connectivity index (χ2n) is 7.47. The number of benzene rings is 2. The van der Waals surface area contributed by atoms with Crippen LogP contribution in [-0.4, -0.2) is 35.0 Å². The third-order valence-corrected chi connectivity index (χ3v) is 5.34. The van der Waals surface area contributed by atoms with E-state index >= 15 is 0 Å². The van der Waals surface area contributed by atoms with Crippen LogP contribution in [0.2, 0.25) is 0 Å². The SMILES string of the molecule is CCOC(=O)c1ccccc1C(=O)OC1(C(=O)Nc2ccc([N+](=O)[O-])cc2)CCCCC1. The summed E-state index contributed by atoms with van der Waals surface area (Å²) in [5.41, 5.74) is -1.05. The van der Waals surface area contributed by atoms with Gasteiger partial charge in [-0.1, -0.05) is 18.6 Å². The molecule has 0 spiro atoms. The maximum atomic E-state index is 13.2. The lowest BCUT2D eigenvalue weighted by Gasteiger charge is -2.35. The molecule has 9 heteroatoms. The molecule has 1 amide bonds. The van der Waals surface area contributed by atoms with Crippen LogP contribution in [0.25, 0.3) is 0 Å². The topological polar surface area (TPSA) is 125 Å². The Labute approximate surface area is 184 Å². The predicted octanol–water partition coefficient (Wildman–Crippen LogP) is 4.27. The number of amides is 1. The molecular formula is C23H24N2O7. The minimum Gasteiger partial charge on any atom is -0.462 e. The fraction of sp³-hybridized carbons (Fsp3) is 0.348. The van der Waals surface area contributed by atoms with Gasteiger partial charge in [0.2, 0.25) is 0 Å². The zero-order valence-electron chi connectivity index (χ0n) is 17.7. The molecule has 0 bridgehead atoms. The Morgan fingerprint density at radius 2 is 1.56 bits per heavy atom. The molecule has 0 saturated heterocycles. The smallest absolute Gasteiger partial charge is 0.340 e. The highest BCUT2D eigenvalue weighted by Crippen LogP contribution is 2.34. The van der Waals surface area contributed by atoms with Gasteiger partial charge in [-0.2, -0.15) is 0 Å². The number of hydrogen-bond acceptors (Lipinski definition) is 7. The van der Waals surface area contributed by atoms with Crippen LogP contribution < -0.4 is 5.32 Å². The number of non-ortho nitro benzene ring substituents is 1. The third-order valence-electron chi connectivity index (χ3n) is 5.34. The Morgan fingerprint density at radius 3 is 2.12 bits per heavy atom. The van der Waals surface area contributed by atoms with Crippen molar-refractivity contribution in [2.75, 3.05) is 11.9 Å². The zero-order chi connectivity index (χ0) is 23.1. The van der Waals surface area contributed by atoms with E-state index in [9.17, 15) is 24.5 Å². The highest BCUT2D eigenvalue weighted by Gasteiger charge is 2.44. The van der Waals surface area contributed by atoms with Crippen molar-refractivity contribution >= 4 is 29.2 Å². The van der Waals surface area contributed by atoms with Gasteiger partial charge in [-0.05, 0) is 56.9 Å². The van der Waals surface area contributed by atoms with Gasteiger partial charge in [-0.25, -0.2) is 9.59 Å². The van der Waals surface area contributed by atoms with Gasteiger partial charge in [0, 0.05) is 17.8 Å². The monoisotopic (exact) mass is 440 g/mol. The minimum absolute atomic E-state index is 0.0269. The number of rotatable bonds is 7. The molecule has 1 fully saturated rings. The van der Waals surface area contributed by atoms with Crippen LogP contribution in [0.3, 0.4) is 0 Å². The van der Waals surface area contributed by atoms with Gasteiger partial charge in [0.1, 0.15) is 0 Å². The van der Waals surface area contributed by atoms with Crippen LogP contribution >= 0.6 is 0 Å². The number of ether oxygens (including phenoxy) is 2. The quantitative estimate of drug-likeness (QED) is 0.387. The number of esters is 2. The van der Waals surface area contributed by atoms with Crippen LogP contribution in [0.1, 0.15) is 59.7 Å². The van der Waals surface area contributed by atoms with Gasteiger partial charge in [0.15, 0.2) is 5.60 Å². The number of nitrogens with zero attached hydrogens (tertiary/aromatic N) is 1. The molecule has 9 nitrogen and oxygen atoms in total. The van der Waals surface area contributed by atoms with E-state index in [0.29, 0.717) is 31.4 Å².